The van der Waals surface area contributed by atoms with Crippen LogP contribution in [0.5, 0.6) is 11.5 Å². The van der Waals surface area contributed by atoms with Crippen LogP contribution in [0.25, 0.3) is 11.5 Å². The molecule has 2 aromatic rings. The maximum absolute atomic E-state index is 13.0. The number of benzene rings is 1. The topological polar surface area (TPSA) is 77.7 Å². The van der Waals surface area contributed by atoms with E-state index in [0.29, 0.717) is 28.7 Å². The lowest BCUT2D eigenvalue weighted by Crippen LogP contribution is -2.44. The second-order valence-corrected chi connectivity index (χ2v) is 8.41. The van der Waals surface area contributed by atoms with Gasteiger partial charge in [-0.05, 0) is 44.9 Å². The van der Waals surface area contributed by atoms with E-state index < -0.39 is 0 Å². The molecule has 29 heavy (non-hydrogen) atoms. The van der Waals surface area contributed by atoms with Gasteiger partial charge in [0, 0.05) is 18.2 Å². The van der Waals surface area contributed by atoms with Crippen LogP contribution in [0.3, 0.4) is 0 Å². The molecule has 7 nitrogen and oxygen atoms in total. The van der Waals surface area contributed by atoms with Crippen molar-refractivity contribution in [1.82, 2.24) is 15.1 Å². The van der Waals surface area contributed by atoms with Gasteiger partial charge in [0.05, 0.1) is 19.5 Å². The first-order valence-electron chi connectivity index (χ1n) is 10.1. The first-order valence-corrected chi connectivity index (χ1v) is 11.0. The monoisotopic (exact) mass is 419 g/mol. The van der Waals surface area contributed by atoms with Gasteiger partial charge in [-0.1, -0.05) is 31.0 Å². The Morgan fingerprint density at radius 3 is 2.59 bits per heavy atom. The van der Waals surface area contributed by atoms with Gasteiger partial charge >= 0.3 is 0 Å². The van der Waals surface area contributed by atoms with E-state index in [1.165, 1.54) is 31.0 Å². The Morgan fingerprint density at radius 2 is 1.93 bits per heavy atom. The fraction of sp³-hybridized carbons (Fsp3) is 0.571. The molecule has 0 spiro atoms. The number of amides is 1. The normalized spacial score (nSPS) is 15.7. The summed E-state index contributed by atoms with van der Waals surface area (Å²) in [7, 11) is 3.17. The van der Waals surface area contributed by atoms with Crippen LogP contribution >= 0.6 is 11.8 Å². The molecule has 0 N–H and O–H groups in total. The average Bonchev–Trinajstić information content (AvgIpc) is 3.22. The minimum absolute atomic E-state index is 0.135. The third-order valence-electron chi connectivity index (χ3n) is 5.30. The Kier molecular flexibility index (Phi) is 7.41. The molecule has 1 fully saturated rings. The van der Waals surface area contributed by atoms with Gasteiger partial charge < -0.3 is 18.8 Å². The summed E-state index contributed by atoms with van der Waals surface area (Å²) in [4.78, 5) is 15.0. The summed E-state index contributed by atoms with van der Waals surface area (Å²) in [5.41, 5.74) is 0.735. The van der Waals surface area contributed by atoms with Crippen LogP contribution in [-0.4, -0.2) is 53.1 Å². The number of nitrogens with zero attached hydrogens (tertiary/aromatic N) is 3. The Hall–Kier alpha value is -2.22. The van der Waals surface area contributed by atoms with E-state index in [0.717, 1.165) is 24.9 Å². The maximum atomic E-state index is 13.0. The minimum Gasteiger partial charge on any atom is -0.493 e. The Morgan fingerprint density at radius 1 is 1.21 bits per heavy atom. The standard InChI is InChI=1S/C21H29N3O4S/c1-5-24(16-9-7-6-8-10-16)20(25)14(2)29-21-23-22-19(28-21)15-11-12-17(26-3)18(13-15)27-4/h11-14,16H,5-10H2,1-4H3/t14-/m0/s1. The summed E-state index contributed by atoms with van der Waals surface area (Å²) in [5, 5.41) is 8.34. The van der Waals surface area contributed by atoms with Crippen LogP contribution in [-0.2, 0) is 4.79 Å². The van der Waals surface area contributed by atoms with Crippen LogP contribution in [0.1, 0.15) is 46.0 Å². The fourth-order valence-corrected chi connectivity index (χ4v) is 4.52. The van der Waals surface area contributed by atoms with Gasteiger partial charge in [0.1, 0.15) is 0 Å². The van der Waals surface area contributed by atoms with Crippen LogP contribution in [0, 0.1) is 0 Å². The van der Waals surface area contributed by atoms with Gasteiger partial charge in [0.2, 0.25) is 11.8 Å². The van der Waals surface area contributed by atoms with Gasteiger partial charge in [-0.3, -0.25) is 4.79 Å². The molecule has 0 unspecified atom stereocenters. The van der Waals surface area contributed by atoms with Gasteiger partial charge in [0.15, 0.2) is 11.5 Å². The highest BCUT2D eigenvalue weighted by Crippen LogP contribution is 2.33. The molecule has 0 aliphatic heterocycles. The first kappa shape index (κ1) is 21.5. The van der Waals surface area contributed by atoms with Crippen molar-refractivity contribution >= 4 is 17.7 Å². The van der Waals surface area contributed by atoms with E-state index in [9.17, 15) is 4.79 Å². The van der Waals surface area contributed by atoms with Crippen molar-refractivity contribution in [2.75, 3.05) is 20.8 Å². The van der Waals surface area contributed by atoms with Crippen molar-refractivity contribution < 1.29 is 18.7 Å². The average molecular weight is 420 g/mol. The number of carbonyl (C=O) groups is 1. The molecule has 0 radical (unpaired) electrons. The highest BCUT2D eigenvalue weighted by atomic mass is 32.2. The number of hydrogen-bond acceptors (Lipinski definition) is 7. The summed E-state index contributed by atoms with van der Waals surface area (Å²) in [5.74, 6) is 1.74. The number of methoxy groups -OCH3 is 2. The van der Waals surface area contributed by atoms with Crippen LogP contribution < -0.4 is 9.47 Å². The number of aromatic nitrogens is 2. The third-order valence-corrected chi connectivity index (χ3v) is 6.22. The van der Waals surface area contributed by atoms with Crippen LogP contribution in [0.4, 0.5) is 0 Å². The minimum atomic E-state index is -0.282. The van der Waals surface area contributed by atoms with Crippen molar-refractivity contribution in [3.8, 4) is 23.0 Å². The highest BCUT2D eigenvalue weighted by Gasteiger charge is 2.29. The smallest absolute Gasteiger partial charge is 0.277 e. The molecule has 8 heteroatoms. The predicted molar refractivity (Wildman–Crippen MR) is 112 cm³/mol. The number of carbonyl (C=O) groups excluding carboxylic acids is 1. The molecule has 0 saturated heterocycles. The lowest BCUT2D eigenvalue weighted by molar-refractivity contribution is -0.133. The SMILES string of the molecule is CCN(C(=O)[C@H](C)Sc1nnc(-c2ccc(OC)c(OC)c2)o1)C1CCCCC1. The molecular formula is C21H29N3O4S. The molecule has 1 aromatic carbocycles. The quantitative estimate of drug-likeness (QED) is 0.586. The van der Waals surface area contributed by atoms with Crippen molar-refractivity contribution in [3.63, 3.8) is 0 Å². The molecule has 1 saturated carbocycles. The lowest BCUT2D eigenvalue weighted by atomic mass is 9.94. The molecule has 0 bridgehead atoms. The van der Waals surface area contributed by atoms with E-state index in [1.807, 2.05) is 24.8 Å². The van der Waals surface area contributed by atoms with E-state index in [4.69, 9.17) is 13.9 Å². The van der Waals surface area contributed by atoms with Crippen molar-refractivity contribution in [3.05, 3.63) is 18.2 Å². The molecule has 1 aliphatic rings. The summed E-state index contributed by atoms with van der Waals surface area (Å²) < 4.78 is 16.4. The largest absolute Gasteiger partial charge is 0.493 e. The molecule has 158 valence electrons. The zero-order chi connectivity index (χ0) is 20.8. The van der Waals surface area contributed by atoms with Gasteiger partial charge in [-0.2, -0.15) is 0 Å². The molecule has 1 atom stereocenters. The molecule has 1 heterocycles. The second kappa shape index (κ2) is 10.0. The predicted octanol–water partition coefficient (Wildman–Crippen LogP) is 4.42. The number of thioether (sulfide) groups is 1. The summed E-state index contributed by atoms with van der Waals surface area (Å²) in [6.45, 7) is 4.68. The van der Waals surface area contributed by atoms with Crippen LogP contribution in [0.15, 0.2) is 27.8 Å². The number of ether oxygens (including phenoxy) is 2. The third kappa shape index (κ3) is 5.04. The molecule has 1 amide bonds. The van der Waals surface area contributed by atoms with E-state index >= 15 is 0 Å². The zero-order valence-electron chi connectivity index (χ0n) is 17.5. The molecule has 1 aliphatic carbocycles. The van der Waals surface area contributed by atoms with Gasteiger partial charge in [0.25, 0.3) is 5.22 Å². The van der Waals surface area contributed by atoms with Gasteiger partial charge in [-0.25, -0.2) is 0 Å². The van der Waals surface area contributed by atoms with Crippen molar-refractivity contribution in [2.45, 2.75) is 62.5 Å². The lowest BCUT2D eigenvalue weighted by Gasteiger charge is -2.34. The highest BCUT2D eigenvalue weighted by molar-refractivity contribution is 8.00. The first-order chi connectivity index (χ1) is 14.1. The van der Waals surface area contributed by atoms with Crippen molar-refractivity contribution in [2.24, 2.45) is 0 Å². The molecule has 1 aromatic heterocycles. The number of hydrogen-bond donors (Lipinski definition) is 0. The van der Waals surface area contributed by atoms with Crippen molar-refractivity contribution in [1.29, 1.82) is 0 Å². The summed E-state index contributed by atoms with van der Waals surface area (Å²) in [6, 6.07) is 5.77. The molecule has 3 rings (SSSR count). The van der Waals surface area contributed by atoms with E-state index in [-0.39, 0.29) is 11.2 Å². The summed E-state index contributed by atoms with van der Waals surface area (Å²) >= 11 is 1.31. The number of rotatable bonds is 8. The maximum Gasteiger partial charge on any atom is 0.277 e. The van der Waals surface area contributed by atoms with Gasteiger partial charge in [-0.15, -0.1) is 10.2 Å². The van der Waals surface area contributed by atoms with E-state index in [1.54, 1.807) is 26.4 Å². The fourth-order valence-electron chi connectivity index (χ4n) is 3.77. The van der Waals surface area contributed by atoms with Crippen LogP contribution in [0.2, 0.25) is 0 Å². The Labute approximate surface area is 176 Å². The molecular weight excluding hydrogens is 390 g/mol. The second-order valence-electron chi connectivity index (χ2n) is 7.12. The summed E-state index contributed by atoms with van der Waals surface area (Å²) in [6.07, 6.45) is 5.87. The Bertz CT molecular complexity index is 820. The van der Waals surface area contributed by atoms with E-state index in [2.05, 4.69) is 10.2 Å². The Balaban J connectivity index is 1.68. The zero-order valence-corrected chi connectivity index (χ0v) is 18.3.